The van der Waals surface area contributed by atoms with Crippen molar-refractivity contribution in [2.75, 3.05) is 6.61 Å². The molecular weight excluding hydrogens is 258 g/mol. The van der Waals surface area contributed by atoms with Gasteiger partial charge in [0.15, 0.2) is 0 Å². The Morgan fingerprint density at radius 2 is 1.95 bits per heavy atom. The van der Waals surface area contributed by atoms with Gasteiger partial charge in [-0.3, -0.25) is 0 Å². The van der Waals surface area contributed by atoms with E-state index in [2.05, 4.69) is 4.98 Å². The van der Waals surface area contributed by atoms with E-state index in [9.17, 15) is 4.79 Å². The maximum atomic E-state index is 11.5. The minimum Gasteiger partial charge on any atom is -0.462 e. The predicted molar refractivity (Wildman–Crippen MR) is 72.6 cm³/mol. The van der Waals surface area contributed by atoms with Gasteiger partial charge in [-0.25, -0.2) is 9.78 Å². The SMILES string of the molecule is CCOC(=O)c1ccc(Oc2ccc(CO)cc2)nc1. The van der Waals surface area contributed by atoms with Crippen molar-refractivity contribution >= 4 is 5.97 Å². The lowest BCUT2D eigenvalue weighted by molar-refractivity contribution is 0.0526. The highest BCUT2D eigenvalue weighted by atomic mass is 16.5. The average Bonchev–Trinajstić information content (AvgIpc) is 2.49. The van der Waals surface area contributed by atoms with Gasteiger partial charge in [0.25, 0.3) is 0 Å². The number of pyridine rings is 1. The molecule has 1 aromatic carbocycles. The van der Waals surface area contributed by atoms with Crippen molar-refractivity contribution < 1.29 is 19.4 Å². The van der Waals surface area contributed by atoms with Crippen LogP contribution in [0.5, 0.6) is 11.6 Å². The second-order valence-electron chi connectivity index (χ2n) is 4.01. The summed E-state index contributed by atoms with van der Waals surface area (Å²) in [5.41, 5.74) is 1.19. The molecule has 0 saturated heterocycles. The first-order valence-corrected chi connectivity index (χ1v) is 6.23. The number of aliphatic hydroxyl groups is 1. The van der Waals surface area contributed by atoms with Crippen LogP contribution in [-0.2, 0) is 11.3 Å². The summed E-state index contributed by atoms with van der Waals surface area (Å²) in [6.07, 6.45) is 1.41. The fourth-order valence-electron chi connectivity index (χ4n) is 1.56. The molecule has 5 heteroatoms. The van der Waals surface area contributed by atoms with Crippen LogP contribution in [0.25, 0.3) is 0 Å². The van der Waals surface area contributed by atoms with Gasteiger partial charge in [-0.15, -0.1) is 0 Å². The topological polar surface area (TPSA) is 68.7 Å². The molecule has 104 valence electrons. The fourth-order valence-corrected chi connectivity index (χ4v) is 1.56. The number of rotatable bonds is 5. The molecule has 0 spiro atoms. The first-order valence-electron chi connectivity index (χ1n) is 6.23. The van der Waals surface area contributed by atoms with Gasteiger partial charge in [0, 0.05) is 12.3 Å². The Labute approximate surface area is 116 Å². The van der Waals surface area contributed by atoms with Crippen LogP contribution in [0.3, 0.4) is 0 Å². The number of aromatic nitrogens is 1. The van der Waals surface area contributed by atoms with Crippen molar-refractivity contribution in [1.82, 2.24) is 4.98 Å². The number of carbonyl (C=O) groups is 1. The molecule has 0 aliphatic heterocycles. The quantitative estimate of drug-likeness (QED) is 0.848. The number of benzene rings is 1. The van der Waals surface area contributed by atoms with Crippen LogP contribution in [-0.4, -0.2) is 22.7 Å². The minimum absolute atomic E-state index is 0.00718. The number of carbonyl (C=O) groups excluding carboxylic acids is 1. The van der Waals surface area contributed by atoms with Gasteiger partial charge >= 0.3 is 5.97 Å². The zero-order valence-electron chi connectivity index (χ0n) is 11.1. The maximum absolute atomic E-state index is 11.5. The molecule has 2 rings (SSSR count). The Bertz CT molecular complexity index is 563. The van der Waals surface area contributed by atoms with Crippen LogP contribution in [0.1, 0.15) is 22.8 Å². The molecule has 0 amide bonds. The van der Waals surface area contributed by atoms with Crippen molar-refractivity contribution in [2.24, 2.45) is 0 Å². The van der Waals surface area contributed by atoms with Crippen molar-refractivity contribution in [3.05, 3.63) is 53.7 Å². The first-order chi connectivity index (χ1) is 9.72. The van der Waals surface area contributed by atoms with Crippen LogP contribution in [0.4, 0.5) is 0 Å². The van der Waals surface area contributed by atoms with Gasteiger partial charge in [-0.2, -0.15) is 0 Å². The van der Waals surface area contributed by atoms with Crippen molar-refractivity contribution in [3.63, 3.8) is 0 Å². The standard InChI is InChI=1S/C15H15NO4/c1-2-19-15(18)12-5-8-14(16-9-12)20-13-6-3-11(10-17)4-7-13/h3-9,17H,2,10H2,1H3. The van der Waals surface area contributed by atoms with Crippen LogP contribution >= 0.6 is 0 Å². The summed E-state index contributed by atoms with van der Waals surface area (Å²) in [6, 6.07) is 10.2. The van der Waals surface area contributed by atoms with E-state index in [1.54, 1.807) is 43.3 Å². The lowest BCUT2D eigenvalue weighted by atomic mass is 10.2. The van der Waals surface area contributed by atoms with Crippen LogP contribution < -0.4 is 4.74 Å². The Morgan fingerprint density at radius 3 is 2.50 bits per heavy atom. The highest BCUT2D eigenvalue weighted by molar-refractivity contribution is 5.89. The van der Waals surface area contributed by atoms with Crippen molar-refractivity contribution in [3.8, 4) is 11.6 Å². The molecule has 0 bridgehead atoms. The van der Waals surface area contributed by atoms with E-state index < -0.39 is 5.97 Å². The van der Waals surface area contributed by atoms with Crippen LogP contribution in [0.15, 0.2) is 42.6 Å². The van der Waals surface area contributed by atoms with Gasteiger partial charge in [-0.05, 0) is 30.7 Å². The van der Waals surface area contributed by atoms with Crippen molar-refractivity contribution in [2.45, 2.75) is 13.5 Å². The normalized spacial score (nSPS) is 10.1. The second kappa shape index (κ2) is 6.68. The van der Waals surface area contributed by atoms with E-state index in [4.69, 9.17) is 14.6 Å². The zero-order chi connectivity index (χ0) is 14.4. The van der Waals surface area contributed by atoms with Gasteiger partial charge in [0.1, 0.15) is 5.75 Å². The summed E-state index contributed by atoms with van der Waals surface area (Å²) in [6.45, 7) is 2.07. The summed E-state index contributed by atoms with van der Waals surface area (Å²) in [5, 5.41) is 8.95. The van der Waals surface area contributed by atoms with Gasteiger partial charge < -0.3 is 14.6 Å². The third-order valence-corrected chi connectivity index (χ3v) is 2.58. The zero-order valence-corrected chi connectivity index (χ0v) is 11.1. The third kappa shape index (κ3) is 3.55. The van der Waals surface area contributed by atoms with Gasteiger partial charge in [-0.1, -0.05) is 12.1 Å². The fraction of sp³-hybridized carbons (Fsp3) is 0.200. The first kappa shape index (κ1) is 14.0. The lowest BCUT2D eigenvalue weighted by Gasteiger charge is -2.06. The molecule has 1 heterocycles. The second-order valence-corrected chi connectivity index (χ2v) is 4.01. The molecular formula is C15H15NO4. The van der Waals surface area contributed by atoms with Gasteiger partial charge in [0.05, 0.1) is 18.8 Å². The highest BCUT2D eigenvalue weighted by Gasteiger charge is 2.07. The molecule has 0 saturated carbocycles. The largest absolute Gasteiger partial charge is 0.462 e. The number of aliphatic hydroxyl groups excluding tert-OH is 1. The molecule has 0 aliphatic rings. The Hall–Kier alpha value is -2.40. The Morgan fingerprint density at radius 1 is 1.20 bits per heavy atom. The summed E-state index contributed by atoms with van der Waals surface area (Å²) >= 11 is 0. The van der Waals surface area contributed by atoms with Gasteiger partial charge in [0.2, 0.25) is 5.88 Å². The van der Waals surface area contributed by atoms with Crippen LogP contribution in [0.2, 0.25) is 0 Å². The maximum Gasteiger partial charge on any atom is 0.339 e. The van der Waals surface area contributed by atoms with E-state index in [1.165, 1.54) is 6.20 Å². The highest BCUT2D eigenvalue weighted by Crippen LogP contribution is 2.20. The molecule has 0 fully saturated rings. The van der Waals surface area contributed by atoms with E-state index in [1.807, 2.05) is 0 Å². The molecule has 20 heavy (non-hydrogen) atoms. The summed E-state index contributed by atoms with van der Waals surface area (Å²) < 4.78 is 10.4. The van der Waals surface area contributed by atoms with E-state index in [0.29, 0.717) is 23.8 Å². The Kier molecular flexibility index (Phi) is 4.68. The summed E-state index contributed by atoms with van der Waals surface area (Å²) in [4.78, 5) is 15.5. The molecule has 2 aromatic rings. The predicted octanol–water partition coefficient (Wildman–Crippen LogP) is 2.54. The smallest absolute Gasteiger partial charge is 0.339 e. The molecule has 0 atom stereocenters. The number of nitrogens with zero attached hydrogens (tertiary/aromatic N) is 1. The minimum atomic E-state index is -0.404. The molecule has 5 nitrogen and oxygen atoms in total. The molecule has 0 aliphatic carbocycles. The van der Waals surface area contributed by atoms with E-state index in [-0.39, 0.29) is 6.61 Å². The monoisotopic (exact) mass is 273 g/mol. The Balaban J connectivity index is 2.04. The molecule has 1 aromatic heterocycles. The van der Waals surface area contributed by atoms with Crippen molar-refractivity contribution in [1.29, 1.82) is 0 Å². The number of hydrogen-bond acceptors (Lipinski definition) is 5. The third-order valence-electron chi connectivity index (χ3n) is 2.58. The summed E-state index contributed by atoms with van der Waals surface area (Å²) in [5.74, 6) is 0.590. The number of ether oxygens (including phenoxy) is 2. The number of hydrogen-bond donors (Lipinski definition) is 1. The average molecular weight is 273 g/mol. The molecule has 0 radical (unpaired) electrons. The molecule has 1 N–H and O–H groups in total. The van der Waals surface area contributed by atoms with E-state index in [0.717, 1.165) is 5.56 Å². The lowest BCUT2D eigenvalue weighted by Crippen LogP contribution is -2.04. The molecule has 0 unspecified atom stereocenters. The number of esters is 1. The van der Waals surface area contributed by atoms with E-state index >= 15 is 0 Å². The summed E-state index contributed by atoms with van der Waals surface area (Å²) in [7, 11) is 0. The van der Waals surface area contributed by atoms with Crippen LogP contribution in [0, 0.1) is 0 Å².